The molecule has 0 amide bonds. The molecule has 0 saturated heterocycles. The number of aromatic hydroxyl groups is 1. The van der Waals surface area contributed by atoms with Crippen LogP contribution < -0.4 is 0 Å². The van der Waals surface area contributed by atoms with Gasteiger partial charge in [0.15, 0.2) is 0 Å². The fraction of sp³-hybridized carbons (Fsp3) is 0.250. The Hall–Kier alpha value is -1.57. The molecule has 2 aromatic rings. The lowest BCUT2D eigenvalue weighted by molar-refractivity contribution is 0.466. The van der Waals surface area contributed by atoms with Crippen molar-refractivity contribution in [2.45, 2.75) is 20.3 Å². The average molecular weight is 187 g/mol. The first-order valence-electron chi connectivity index (χ1n) is 4.80. The molecule has 1 aromatic heterocycles. The van der Waals surface area contributed by atoms with Crippen LogP contribution in [0.5, 0.6) is 5.75 Å². The van der Waals surface area contributed by atoms with Gasteiger partial charge in [0.2, 0.25) is 0 Å². The summed E-state index contributed by atoms with van der Waals surface area (Å²) in [6.07, 6.45) is 0.760. The summed E-state index contributed by atoms with van der Waals surface area (Å²) in [5, 5.41) is 10.6. The summed E-state index contributed by atoms with van der Waals surface area (Å²) in [6, 6.07) is 7.84. The van der Waals surface area contributed by atoms with Gasteiger partial charge >= 0.3 is 0 Å². The summed E-state index contributed by atoms with van der Waals surface area (Å²) >= 11 is 0. The molecule has 72 valence electrons. The van der Waals surface area contributed by atoms with Gasteiger partial charge in [-0.15, -0.1) is 0 Å². The van der Waals surface area contributed by atoms with Crippen LogP contribution in [-0.2, 0) is 6.42 Å². The fourth-order valence-electron chi connectivity index (χ4n) is 1.58. The van der Waals surface area contributed by atoms with Crippen LogP contribution in [0.25, 0.3) is 10.9 Å². The van der Waals surface area contributed by atoms with E-state index in [2.05, 4.69) is 4.98 Å². The summed E-state index contributed by atoms with van der Waals surface area (Å²) in [6.45, 7) is 4.02. The predicted molar refractivity (Wildman–Crippen MR) is 57.5 cm³/mol. The van der Waals surface area contributed by atoms with E-state index in [1.165, 1.54) is 5.56 Å². The number of pyridine rings is 1. The topological polar surface area (TPSA) is 33.1 Å². The highest BCUT2D eigenvalue weighted by molar-refractivity contribution is 5.81. The third-order valence-electron chi connectivity index (χ3n) is 2.36. The number of hydrogen-bond acceptors (Lipinski definition) is 2. The van der Waals surface area contributed by atoms with Crippen LogP contribution in [0.2, 0.25) is 0 Å². The van der Waals surface area contributed by atoms with Crippen LogP contribution in [0, 0.1) is 6.92 Å². The average Bonchev–Trinajstić information content (AvgIpc) is 2.16. The van der Waals surface area contributed by atoms with Gasteiger partial charge in [0.25, 0.3) is 0 Å². The van der Waals surface area contributed by atoms with Crippen molar-refractivity contribution >= 4 is 10.9 Å². The molecule has 1 heterocycles. The second-order valence-electron chi connectivity index (χ2n) is 3.50. The van der Waals surface area contributed by atoms with E-state index in [-0.39, 0.29) is 0 Å². The molecule has 1 N–H and O–H groups in total. The molecule has 0 spiro atoms. The Morgan fingerprint density at radius 1 is 1.29 bits per heavy atom. The van der Waals surface area contributed by atoms with Gasteiger partial charge in [-0.05, 0) is 31.5 Å². The quantitative estimate of drug-likeness (QED) is 0.744. The van der Waals surface area contributed by atoms with E-state index in [0.29, 0.717) is 5.75 Å². The first kappa shape index (κ1) is 9.00. The number of aryl methyl sites for hydroxylation is 2. The minimum atomic E-state index is 0.297. The van der Waals surface area contributed by atoms with Gasteiger partial charge in [0.05, 0.1) is 11.2 Å². The molecule has 0 saturated carbocycles. The smallest absolute Gasteiger partial charge is 0.137 e. The molecule has 0 atom stereocenters. The first-order valence-corrected chi connectivity index (χ1v) is 4.80. The molecule has 2 heteroatoms. The van der Waals surface area contributed by atoms with Gasteiger partial charge in [-0.3, -0.25) is 0 Å². The first-order chi connectivity index (χ1) is 6.70. The van der Waals surface area contributed by atoms with Crippen LogP contribution >= 0.6 is 0 Å². The Morgan fingerprint density at radius 3 is 2.79 bits per heavy atom. The Morgan fingerprint density at radius 2 is 2.07 bits per heavy atom. The Bertz CT molecular complexity index is 477. The van der Waals surface area contributed by atoms with E-state index >= 15 is 0 Å². The van der Waals surface area contributed by atoms with E-state index in [9.17, 15) is 5.11 Å². The molecule has 0 aliphatic rings. The number of nitrogens with zero attached hydrogens (tertiary/aromatic N) is 1. The molecule has 0 aliphatic heterocycles. The summed E-state index contributed by atoms with van der Waals surface area (Å²) in [5.74, 6) is 0.297. The molecule has 14 heavy (non-hydrogen) atoms. The van der Waals surface area contributed by atoms with Gasteiger partial charge in [-0.1, -0.05) is 18.6 Å². The summed E-state index contributed by atoms with van der Waals surface area (Å²) in [5.41, 5.74) is 2.90. The maximum Gasteiger partial charge on any atom is 0.137 e. The lowest BCUT2D eigenvalue weighted by Gasteiger charge is -2.04. The third kappa shape index (κ3) is 1.43. The van der Waals surface area contributed by atoms with E-state index in [1.54, 1.807) is 6.07 Å². The number of benzene rings is 1. The molecule has 0 aliphatic carbocycles. The zero-order chi connectivity index (χ0) is 10.1. The molecule has 0 bridgehead atoms. The van der Waals surface area contributed by atoms with E-state index < -0.39 is 0 Å². The van der Waals surface area contributed by atoms with Crippen molar-refractivity contribution in [3.05, 3.63) is 35.5 Å². The predicted octanol–water partition coefficient (Wildman–Crippen LogP) is 2.81. The van der Waals surface area contributed by atoms with Gasteiger partial charge in [0, 0.05) is 5.39 Å². The van der Waals surface area contributed by atoms with Crippen LogP contribution in [0.15, 0.2) is 24.3 Å². The zero-order valence-electron chi connectivity index (χ0n) is 8.41. The number of rotatable bonds is 1. The summed E-state index contributed by atoms with van der Waals surface area (Å²) in [4.78, 5) is 4.38. The minimum absolute atomic E-state index is 0.297. The largest absolute Gasteiger partial charge is 0.506 e. The molecule has 2 rings (SSSR count). The Balaban J connectivity index is 2.73. The highest BCUT2D eigenvalue weighted by Gasteiger charge is 2.03. The molecule has 0 radical (unpaired) electrons. The van der Waals surface area contributed by atoms with Crippen molar-refractivity contribution < 1.29 is 5.11 Å². The SMILES string of the molecule is CCc1nc2ccc(C)cc2cc1O. The van der Waals surface area contributed by atoms with Crippen molar-refractivity contribution in [2.24, 2.45) is 0 Å². The van der Waals surface area contributed by atoms with Gasteiger partial charge in [-0.25, -0.2) is 4.98 Å². The van der Waals surface area contributed by atoms with Crippen LogP contribution in [0.4, 0.5) is 0 Å². The lowest BCUT2D eigenvalue weighted by Crippen LogP contribution is -1.89. The van der Waals surface area contributed by atoms with Crippen LogP contribution in [-0.4, -0.2) is 10.1 Å². The fourth-order valence-corrected chi connectivity index (χ4v) is 1.58. The summed E-state index contributed by atoms with van der Waals surface area (Å²) in [7, 11) is 0. The van der Waals surface area contributed by atoms with Crippen LogP contribution in [0.3, 0.4) is 0 Å². The van der Waals surface area contributed by atoms with Crippen molar-refractivity contribution in [1.82, 2.24) is 4.98 Å². The lowest BCUT2D eigenvalue weighted by atomic mass is 10.1. The summed E-state index contributed by atoms with van der Waals surface area (Å²) < 4.78 is 0. The Labute approximate surface area is 83.2 Å². The second kappa shape index (κ2) is 3.29. The number of hydrogen-bond donors (Lipinski definition) is 1. The van der Waals surface area contributed by atoms with Crippen LogP contribution in [0.1, 0.15) is 18.2 Å². The van der Waals surface area contributed by atoms with Crippen molar-refractivity contribution in [1.29, 1.82) is 0 Å². The maximum absolute atomic E-state index is 9.64. The molecule has 0 fully saturated rings. The molecule has 0 unspecified atom stereocenters. The zero-order valence-corrected chi connectivity index (χ0v) is 8.41. The van der Waals surface area contributed by atoms with E-state index in [4.69, 9.17) is 0 Å². The molecule has 2 nitrogen and oxygen atoms in total. The number of fused-ring (bicyclic) bond motifs is 1. The highest BCUT2D eigenvalue weighted by atomic mass is 16.3. The maximum atomic E-state index is 9.64. The molecular formula is C12H13NO. The van der Waals surface area contributed by atoms with E-state index in [1.807, 2.05) is 32.0 Å². The van der Waals surface area contributed by atoms with Gasteiger partial charge < -0.3 is 5.11 Å². The second-order valence-corrected chi connectivity index (χ2v) is 3.50. The Kier molecular flexibility index (Phi) is 2.12. The van der Waals surface area contributed by atoms with Gasteiger partial charge in [0.1, 0.15) is 5.75 Å². The normalized spacial score (nSPS) is 10.7. The molecular weight excluding hydrogens is 174 g/mol. The van der Waals surface area contributed by atoms with Crippen molar-refractivity contribution in [2.75, 3.05) is 0 Å². The van der Waals surface area contributed by atoms with E-state index in [0.717, 1.165) is 23.0 Å². The monoisotopic (exact) mass is 187 g/mol. The van der Waals surface area contributed by atoms with Crippen molar-refractivity contribution in [3.63, 3.8) is 0 Å². The number of aromatic nitrogens is 1. The standard InChI is InChI=1S/C12H13NO/c1-3-10-12(14)7-9-6-8(2)4-5-11(9)13-10/h4-7,14H,3H2,1-2H3. The highest BCUT2D eigenvalue weighted by Crippen LogP contribution is 2.22. The minimum Gasteiger partial charge on any atom is -0.506 e. The third-order valence-corrected chi connectivity index (χ3v) is 2.36. The van der Waals surface area contributed by atoms with Gasteiger partial charge in [-0.2, -0.15) is 0 Å². The molecule has 1 aromatic carbocycles. The van der Waals surface area contributed by atoms with Crippen molar-refractivity contribution in [3.8, 4) is 5.75 Å².